The zero-order valence-electron chi connectivity index (χ0n) is 9.39. The molecule has 2 heterocycles. The highest BCUT2D eigenvalue weighted by Crippen LogP contribution is 2.13. The van der Waals surface area contributed by atoms with Gasteiger partial charge in [0.25, 0.3) is 11.3 Å². The number of aliphatic carboxylic acids is 1. The third-order valence-corrected chi connectivity index (χ3v) is 2.48. The van der Waals surface area contributed by atoms with E-state index >= 15 is 0 Å². The molecule has 2 aromatic rings. The lowest BCUT2D eigenvalue weighted by molar-refractivity contribution is -0.306. The van der Waals surface area contributed by atoms with Crippen LogP contribution < -0.4 is 10.7 Å². The zero-order chi connectivity index (χ0) is 12.6. The van der Waals surface area contributed by atoms with Gasteiger partial charge in [0.2, 0.25) is 0 Å². The molecule has 0 aliphatic heterocycles. The first-order valence-electron chi connectivity index (χ1n) is 5.10. The first-order chi connectivity index (χ1) is 8.04. The van der Waals surface area contributed by atoms with E-state index in [1.807, 2.05) is 6.92 Å². The monoisotopic (exact) mass is 236 g/mol. The van der Waals surface area contributed by atoms with Crippen molar-refractivity contribution < 1.29 is 14.4 Å². The molecule has 0 atom stereocenters. The number of fused-ring (bicyclic) bond motifs is 1. The first-order valence-corrected chi connectivity index (χ1v) is 5.10. The van der Waals surface area contributed by atoms with E-state index in [9.17, 15) is 14.7 Å². The Labute approximate surface area is 95.7 Å². The quantitative estimate of drug-likeness (QED) is 0.677. The number of rotatable bonds is 3. The van der Waals surface area contributed by atoms with E-state index in [0.29, 0.717) is 12.1 Å². The number of carbonyl (C=O) groups excluding carboxylic acids is 1. The standard InChI is InChI=1S/C10H11N3O4/c1-3-6-8-9(17-12-6)11-5(2)13(10(8)16)4-7(14)15/h3-4H2,1-2H3,(H,14,15)/p-1. The Morgan fingerprint density at radius 3 is 2.82 bits per heavy atom. The Bertz CT molecular complexity index is 641. The summed E-state index contributed by atoms with van der Waals surface area (Å²) in [6.07, 6.45) is 0.512. The number of nitrogens with zero attached hydrogens (tertiary/aromatic N) is 3. The highest BCUT2D eigenvalue weighted by atomic mass is 16.5. The number of carboxylic acid groups (broad SMARTS) is 1. The maximum Gasteiger partial charge on any atom is 0.267 e. The summed E-state index contributed by atoms with van der Waals surface area (Å²) in [5.41, 5.74) is 0.151. The Balaban J connectivity index is 2.76. The molecule has 0 saturated carbocycles. The van der Waals surface area contributed by atoms with E-state index in [-0.39, 0.29) is 16.9 Å². The van der Waals surface area contributed by atoms with Crippen LogP contribution in [0.4, 0.5) is 0 Å². The molecule has 0 saturated heterocycles. The topological polar surface area (TPSA) is 101 Å². The Kier molecular flexibility index (Phi) is 2.66. The van der Waals surface area contributed by atoms with Crippen LogP contribution in [-0.2, 0) is 17.8 Å². The first kappa shape index (κ1) is 11.3. The summed E-state index contributed by atoms with van der Waals surface area (Å²) in [6, 6.07) is 0. The molecule has 0 amide bonds. The van der Waals surface area contributed by atoms with Gasteiger partial charge in [-0.2, -0.15) is 4.98 Å². The average Bonchev–Trinajstić information content (AvgIpc) is 2.66. The third kappa shape index (κ3) is 1.79. The molecule has 0 aliphatic rings. The van der Waals surface area contributed by atoms with Crippen LogP contribution >= 0.6 is 0 Å². The maximum atomic E-state index is 12.1. The average molecular weight is 236 g/mol. The van der Waals surface area contributed by atoms with E-state index in [1.165, 1.54) is 6.92 Å². The highest BCUT2D eigenvalue weighted by molar-refractivity contribution is 5.75. The summed E-state index contributed by atoms with van der Waals surface area (Å²) in [5.74, 6) is -1.09. The lowest BCUT2D eigenvalue weighted by atomic mass is 10.2. The van der Waals surface area contributed by atoms with E-state index in [0.717, 1.165) is 4.57 Å². The maximum absolute atomic E-state index is 12.1. The van der Waals surface area contributed by atoms with Gasteiger partial charge in [-0.1, -0.05) is 12.1 Å². The van der Waals surface area contributed by atoms with Crippen molar-refractivity contribution in [2.75, 3.05) is 0 Å². The van der Waals surface area contributed by atoms with Crippen molar-refractivity contribution in [1.29, 1.82) is 0 Å². The van der Waals surface area contributed by atoms with Gasteiger partial charge in [0.15, 0.2) is 0 Å². The lowest BCUT2D eigenvalue weighted by Gasteiger charge is -2.08. The van der Waals surface area contributed by atoms with Crippen LogP contribution in [-0.4, -0.2) is 20.7 Å². The number of aromatic nitrogens is 3. The number of carbonyl (C=O) groups is 1. The molecule has 0 N–H and O–H groups in total. The molecule has 0 aliphatic carbocycles. The van der Waals surface area contributed by atoms with Crippen molar-refractivity contribution in [1.82, 2.24) is 14.7 Å². The molecule has 0 aromatic carbocycles. The fourth-order valence-electron chi connectivity index (χ4n) is 1.65. The van der Waals surface area contributed by atoms with Crippen LogP contribution in [0.1, 0.15) is 18.4 Å². The van der Waals surface area contributed by atoms with Crippen LogP contribution in [0.25, 0.3) is 11.1 Å². The molecule has 17 heavy (non-hydrogen) atoms. The summed E-state index contributed by atoms with van der Waals surface area (Å²) in [4.78, 5) is 26.6. The van der Waals surface area contributed by atoms with Crippen LogP contribution in [0.5, 0.6) is 0 Å². The smallest absolute Gasteiger partial charge is 0.267 e. The number of carboxylic acids is 1. The minimum absolute atomic E-state index is 0.138. The summed E-state index contributed by atoms with van der Waals surface area (Å²) in [6.45, 7) is 2.82. The van der Waals surface area contributed by atoms with Gasteiger partial charge in [0.1, 0.15) is 11.2 Å². The van der Waals surface area contributed by atoms with E-state index < -0.39 is 18.1 Å². The van der Waals surface area contributed by atoms with Crippen molar-refractivity contribution in [2.45, 2.75) is 26.8 Å². The summed E-state index contributed by atoms with van der Waals surface area (Å²) < 4.78 is 5.96. The van der Waals surface area contributed by atoms with Crippen molar-refractivity contribution >= 4 is 17.1 Å². The minimum Gasteiger partial charge on any atom is -0.548 e. The zero-order valence-corrected chi connectivity index (χ0v) is 9.39. The fourth-order valence-corrected chi connectivity index (χ4v) is 1.65. The molecule has 0 bridgehead atoms. The summed E-state index contributed by atoms with van der Waals surface area (Å²) in [7, 11) is 0. The molecule has 90 valence electrons. The van der Waals surface area contributed by atoms with Gasteiger partial charge in [-0.3, -0.25) is 9.36 Å². The molecule has 7 nitrogen and oxygen atoms in total. The van der Waals surface area contributed by atoms with Crippen molar-refractivity contribution in [2.24, 2.45) is 0 Å². The van der Waals surface area contributed by atoms with Gasteiger partial charge in [-0.05, 0) is 13.3 Å². The van der Waals surface area contributed by atoms with Crippen LogP contribution in [0, 0.1) is 6.92 Å². The SMILES string of the molecule is CCc1noc2nc(C)n(CC(=O)[O-])c(=O)c12. The lowest BCUT2D eigenvalue weighted by Crippen LogP contribution is -2.34. The van der Waals surface area contributed by atoms with Gasteiger partial charge < -0.3 is 14.4 Å². The van der Waals surface area contributed by atoms with Gasteiger partial charge in [0, 0.05) is 0 Å². The van der Waals surface area contributed by atoms with E-state index in [1.54, 1.807) is 0 Å². The van der Waals surface area contributed by atoms with Crippen LogP contribution in [0.2, 0.25) is 0 Å². The summed E-state index contributed by atoms with van der Waals surface area (Å²) >= 11 is 0. The van der Waals surface area contributed by atoms with Crippen LogP contribution in [0.15, 0.2) is 9.32 Å². The highest BCUT2D eigenvalue weighted by Gasteiger charge is 2.16. The van der Waals surface area contributed by atoms with Gasteiger partial charge in [-0.25, -0.2) is 0 Å². The Morgan fingerprint density at radius 1 is 1.53 bits per heavy atom. The predicted octanol–water partition coefficient (Wildman–Crippen LogP) is -0.995. The second-order valence-corrected chi connectivity index (χ2v) is 3.59. The van der Waals surface area contributed by atoms with E-state index in [4.69, 9.17) is 4.52 Å². The number of aryl methyl sites for hydroxylation is 2. The minimum atomic E-state index is -1.34. The molecule has 0 spiro atoms. The van der Waals surface area contributed by atoms with Gasteiger partial charge in [0.05, 0.1) is 18.2 Å². The molecule has 2 rings (SSSR count). The van der Waals surface area contributed by atoms with Crippen molar-refractivity contribution in [3.05, 3.63) is 21.9 Å². The normalized spacial score (nSPS) is 10.9. The molecule has 2 aromatic heterocycles. The number of hydrogen-bond acceptors (Lipinski definition) is 6. The van der Waals surface area contributed by atoms with Crippen molar-refractivity contribution in [3.8, 4) is 0 Å². The third-order valence-electron chi connectivity index (χ3n) is 2.48. The molecular formula is C10H10N3O4-. The number of hydrogen-bond donors (Lipinski definition) is 0. The molecule has 0 unspecified atom stereocenters. The predicted molar refractivity (Wildman–Crippen MR) is 55.2 cm³/mol. The van der Waals surface area contributed by atoms with Crippen molar-refractivity contribution in [3.63, 3.8) is 0 Å². The molecular weight excluding hydrogens is 226 g/mol. The molecule has 0 fully saturated rings. The fraction of sp³-hybridized carbons (Fsp3) is 0.400. The summed E-state index contributed by atoms with van der Waals surface area (Å²) in [5, 5.41) is 14.5. The Morgan fingerprint density at radius 2 is 2.24 bits per heavy atom. The van der Waals surface area contributed by atoms with Gasteiger partial charge in [-0.15, -0.1) is 0 Å². The van der Waals surface area contributed by atoms with Gasteiger partial charge >= 0.3 is 0 Å². The van der Waals surface area contributed by atoms with Crippen LogP contribution in [0.3, 0.4) is 0 Å². The molecule has 7 heteroatoms. The second kappa shape index (κ2) is 4.00. The largest absolute Gasteiger partial charge is 0.548 e. The second-order valence-electron chi connectivity index (χ2n) is 3.59. The van der Waals surface area contributed by atoms with E-state index in [2.05, 4.69) is 10.1 Å². The molecule has 0 radical (unpaired) electrons. The Hall–Kier alpha value is -2.18.